The van der Waals surface area contributed by atoms with Crippen molar-refractivity contribution in [3.05, 3.63) is 41.3 Å². The highest BCUT2D eigenvalue weighted by atomic mass is 35.5. The van der Waals surface area contributed by atoms with Crippen LogP contribution in [0.3, 0.4) is 0 Å². The molecule has 0 unspecified atom stereocenters. The van der Waals surface area contributed by atoms with Crippen LogP contribution in [0.1, 0.15) is 5.69 Å². The molecule has 3 N–H and O–H groups in total. The highest BCUT2D eigenvalue weighted by Gasteiger charge is 2.06. The minimum absolute atomic E-state index is 0.179. The summed E-state index contributed by atoms with van der Waals surface area (Å²) in [6.07, 6.45) is 0. The van der Waals surface area contributed by atoms with Gasteiger partial charge in [-0.2, -0.15) is 4.98 Å². The molecule has 0 amide bonds. The van der Waals surface area contributed by atoms with Gasteiger partial charge in [-0.3, -0.25) is 0 Å². The number of hydrogen-bond acceptors (Lipinski definition) is 5. The molecule has 0 saturated carbocycles. The Bertz CT molecular complexity index is 548. The first-order valence-corrected chi connectivity index (χ1v) is 6.26. The van der Waals surface area contributed by atoms with Crippen LogP contribution in [0.2, 0.25) is 5.28 Å². The van der Waals surface area contributed by atoms with Crippen LogP contribution >= 0.6 is 11.6 Å². The second-order valence-corrected chi connectivity index (χ2v) is 4.27. The summed E-state index contributed by atoms with van der Waals surface area (Å²) < 4.78 is 5.55. The number of halogens is 1. The van der Waals surface area contributed by atoms with Crippen LogP contribution in [0.25, 0.3) is 0 Å². The van der Waals surface area contributed by atoms with E-state index in [0.717, 1.165) is 5.75 Å². The zero-order chi connectivity index (χ0) is 13.7. The van der Waals surface area contributed by atoms with Gasteiger partial charge in [0.05, 0.1) is 17.9 Å². The molecule has 0 bridgehead atoms. The van der Waals surface area contributed by atoms with Crippen molar-refractivity contribution in [2.45, 2.75) is 6.92 Å². The van der Waals surface area contributed by atoms with Crippen molar-refractivity contribution in [3.63, 3.8) is 0 Å². The van der Waals surface area contributed by atoms with Gasteiger partial charge in [0.15, 0.2) is 5.82 Å². The second-order valence-electron chi connectivity index (χ2n) is 3.93. The van der Waals surface area contributed by atoms with E-state index in [2.05, 4.69) is 15.3 Å². The number of nitrogen functional groups attached to an aromatic ring is 1. The fraction of sp³-hybridized carbons (Fsp3) is 0.231. The Hall–Kier alpha value is -2.01. The van der Waals surface area contributed by atoms with Crippen molar-refractivity contribution in [1.29, 1.82) is 0 Å². The summed E-state index contributed by atoms with van der Waals surface area (Å²) >= 11 is 5.78. The molecule has 0 saturated heterocycles. The first kappa shape index (κ1) is 13.4. The Kier molecular flexibility index (Phi) is 4.41. The Morgan fingerprint density at radius 2 is 2.00 bits per heavy atom. The van der Waals surface area contributed by atoms with E-state index in [4.69, 9.17) is 22.1 Å². The number of aromatic nitrogens is 2. The third-order valence-corrected chi connectivity index (χ3v) is 2.68. The van der Waals surface area contributed by atoms with Gasteiger partial charge in [-0.15, -0.1) is 0 Å². The number of benzene rings is 1. The van der Waals surface area contributed by atoms with Gasteiger partial charge in [0, 0.05) is 0 Å². The van der Waals surface area contributed by atoms with Crippen molar-refractivity contribution in [1.82, 2.24) is 9.97 Å². The molecular formula is C13H15ClN4O. The molecule has 1 aromatic carbocycles. The maximum Gasteiger partial charge on any atom is 0.224 e. The molecule has 1 heterocycles. The van der Waals surface area contributed by atoms with E-state index < -0.39 is 0 Å². The monoisotopic (exact) mass is 278 g/mol. The number of para-hydroxylation sites is 1. The predicted molar refractivity (Wildman–Crippen MR) is 76.6 cm³/mol. The van der Waals surface area contributed by atoms with E-state index >= 15 is 0 Å². The van der Waals surface area contributed by atoms with E-state index in [1.165, 1.54) is 0 Å². The third kappa shape index (κ3) is 3.72. The van der Waals surface area contributed by atoms with Crippen molar-refractivity contribution in [2.75, 3.05) is 24.2 Å². The van der Waals surface area contributed by atoms with Crippen LogP contribution in [0.5, 0.6) is 5.75 Å². The minimum atomic E-state index is 0.179. The number of nitrogens with two attached hydrogens (primary N) is 1. The summed E-state index contributed by atoms with van der Waals surface area (Å²) in [5.74, 6) is 1.36. The number of aryl methyl sites for hydroxylation is 1. The largest absolute Gasteiger partial charge is 0.492 e. The smallest absolute Gasteiger partial charge is 0.224 e. The molecule has 0 atom stereocenters. The van der Waals surface area contributed by atoms with Gasteiger partial charge in [0.2, 0.25) is 5.28 Å². The summed E-state index contributed by atoms with van der Waals surface area (Å²) in [6.45, 7) is 2.87. The summed E-state index contributed by atoms with van der Waals surface area (Å²) in [4.78, 5) is 8.01. The lowest BCUT2D eigenvalue weighted by molar-refractivity contribution is 0.333. The molecular weight excluding hydrogens is 264 g/mol. The zero-order valence-electron chi connectivity index (χ0n) is 10.6. The molecule has 5 nitrogen and oxygen atoms in total. The lowest BCUT2D eigenvalue weighted by Crippen LogP contribution is -2.14. The zero-order valence-corrected chi connectivity index (χ0v) is 11.3. The van der Waals surface area contributed by atoms with Crippen molar-refractivity contribution in [3.8, 4) is 5.75 Å². The maximum absolute atomic E-state index is 5.86. The molecule has 0 radical (unpaired) electrons. The summed E-state index contributed by atoms with van der Waals surface area (Å²) in [7, 11) is 0. The maximum atomic E-state index is 5.86. The topological polar surface area (TPSA) is 73.1 Å². The highest BCUT2D eigenvalue weighted by molar-refractivity contribution is 6.28. The fourth-order valence-corrected chi connectivity index (χ4v) is 1.75. The van der Waals surface area contributed by atoms with Gasteiger partial charge in [0.1, 0.15) is 12.4 Å². The van der Waals surface area contributed by atoms with Crippen LogP contribution < -0.4 is 15.8 Å². The SMILES string of the molecule is Cc1nc(Cl)nc(NCCOc2ccccc2)c1N. The lowest BCUT2D eigenvalue weighted by atomic mass is 10.3. The first-order chi connectivity index (χ1) is 9.16. The second kappa shape index (κ2) is 6.24. The number of nitrogens with zero attached hydrogens (tertiary/aromatic N) is 2. The third-order valence-electron chi connectivity index (χ3n) is 2.52. The summed E-state index contributed by atoms with van der Waals surface area (Å²) in [5.41, 5.74) is 7.02. The van der Waals surface area contributed by atoms with Gasteiger partial charge < -0.3 is 15.8 Å². The Balaban J connectivity index is 1.86. The van der Waals surface area contributed by atoms with Crippen LogP contribution in [-0.4, -0.2) is 23.1 Å². The fourth-order valence-electron chi connectivity index (χ4n) is 1.54. The lowest BCUT2D eigenvalue weighted by Gasteiger charge is -2.11. The van der Waals surface area contributed by atoms with Crippen LogP contribution in [0.4, 0.5) is 11.5 Å². The van der Waals surface area contributed by atoms with Crippen molar-refractivity contribution in [2.24, 2.45) is 0 Å². The molecule has 2 rings (SSSR count). The van der Waals surface area contributed by atoms with Gasteiger partial charge >= 0.3 is 0 Å². The van der Waals surface area contributed by atoms with E-state index in [-0.39, 0.29) is 5.28 Å². The van der Waals surface area contributed by atoms with E-state index in [9.17, 15) is 0 Å². The number of anilines is 2. The van der Waals surface area contributed by atoms with Gasteiger partial charge in [0.25, 0.3) is 0 Å². The summed E-state index contributed by atoms with van der Waals surface area (Å²) in [6, 6.07) is 9.60. The molecule has 0 aliphatic carbocycles. The van der Waals surface area contributed by atoms with Gasteiger partial charge in [-0.05, 0) is 30.7 Å². The van der Waals surface area contributed by atoms with Crippen molar-refractivity contribution < 1.29 is 4.74 Å². The normalized spacial score (nSPS) is 10.2. The van der Waals surface area contributed by atoms with E-state index in [1.807, 2.05) is 30.3 Å². The summed E-state index contributed by atoms with van der Waals surface area (Å²) in [5, 5.41) is 3.26. The molecule has 1 aromatic heterocycles. The molecule has 6 heteroatoms. The van der Waals surface area contributed by atoms with Gasteiger partial charge in [-0.25, -0.2) is 4.98 Å². The molecule has 0 spiro atoms. The molecule has 0 aliphatic rings. The number of nitrogens with one attached hydrogen (secondary N) is 1. The Labute approximate surface area is 116 Å². The average Bonchev–Trinajstić information content (AvgIpc) is 2.41. The Morgan fingerprint density at radius 3 is 2.74 bits per heavy atom. The first-order valence-electron chi connectivity index (χ1n) is 5.88. The molecule has 0 fully saturated rings. The minimum Gasteiger partial charge on any atom is -0.492 e. The van der Waals surface area contributed by atoms with Gasteiger partial charge in [-0.1, -0.05) is 18.2 Å². The van der Waals surface area contributed by atoms with Crippen LogP contribution in [0.15, 0.2) is 30.3 Å². The molecule has 0 aliphatic heterocycles. The van der Waals surface area contributed by atoms with E-state index in [1.54, 1.807) is 6.92 Å². The molecule has 2 aromatic rings. The highest BCUT2D eigenvalue weighted by Crippen LogP contribution is 2.20. The van der Waals surface area contributed by atoms with Crippen molar-refractivity contribution >= 4 is 23.1 Å². The Morgan fingerprint density at radius 1 is 1.26 bits per heavy atom. The number of ether oxygens (including phenoxy) is 1. The number of rotatable bonds is 5. The quantitative estimate of drug-likeness (QED) is 0.649. The molecule has 100 valence electrons. The number of hydrogen-bond donors (Lipinski definition) is 2. The standard InChI is InChI=1S/C13H15ClN4O/c1-9-11(15)12(18-13(14)17-9)16-7-8-19-10-5-3-2-4-6-10/h2-6H,7-8,15H2,1H3,(H,16,17,18). The van der Waals surface area contributed by atoms with Crippen LogP contribution in [-0.2, 0) is 0 Å². The average molecular weight is 279 g/mol. The predicted octanol–water partition coefficient (Wildman–Crippen LogP) is 2.51. The van der Waals surface area contributed by atoms with E-state index in [0.29, 0.717) is 30.4 Å². The van der Waals surface area contributed by atoms with Crippen LogP contribution in [0, 0.1) is 6.92 Å². The molecule has 19 heavy (non-hydrogen) atoms.